The molecule has 0 unspecified atom stereocenters. The van der Waals surface area contributed by atoms with Crippen LogP contribution in [0.1, 0.15) is 36.1 Å². The second-order valence-corrected chi connectivity index (χ2v) is 14.4. The highest BCUT2D eigenvalue weighted by molar-refractivity contribution is 6.13. The Bertz CT molecular complexity index is 3230. The van der Waals surface area contributed by atoms with E-state index in [0.717, 1.165) is 55.1 Å². The minimum Gasteiger partial charge on any atom is -0.456 e. The van der Waals surface area contributed by atoms with Gasteiger partial charge in [0.2, 0.25) is 0 Å². The summed E-state index contributed by atoms with van der Waals surface area (Å²) in [5, 5.41) is 25.8. The molecule has 0 atom stereocenters. The molecule has 11 rings (SSSR count). The molecule has 52 heavy (non-hydrogen) atoms. The zero-order valence-electron chi connectivity index (χ0n) is 28.4. The highest BCUT2D eigenvalue weighted by atomic mass is 16.3. The summed E-state index contributed by atoms with van der Waals surface area (Å²) in [5.41, 5.74) is 14.4. The van der Waals surface area contributed by atoms with Crippen molar-refractivity contribution in [3.8, 4) is 34.6 Å². The lowest BCUT2D eigenvalue weighted by Crippen LogP contribution is -2.14. The van der Waals surface area contributed by atoms with E-state index in [-0.39, 0.29) is 5.41 Å². The third kappa shape index (κ3) is 3.69. The SMILES string of the molecule is CC1(C)c2ccccc2-c2cc3c(cc21)c1ccccc1n3-c1ccc2oc3ccc(-n4c5ccc(C#N)cc5c5cc(C#N)ccc54)cc3c2c1. The minimum absolute atomic E-state index is 0.0813. The van der Waals surface area contributed by atoms with Gasteiger partial charge in [-0.25, -0.2) is 0 Å². The second kappa shape index (κ2) is 10.0. The Hall–Kier alpha value is -7.08. The summed E-state index contributed by atoms with van der Waals surface area (Å²) in [6.45, 7) is 4.67. The molecule has 3 heterocycles. The summed E-state index contributed by atoms with van der Waals surface area (Å²) in [7, 11) is 0. The molecule has 0 spiro atoms. The molecule has 0 N–H and O–H groups in total. The van der Waals surface area contributed by atoms with Crippen LogP contribution < -0.4 is 0 Å². The van der Waals surface area contributed by atoms with E-state index in [9.17, 15) is 10.5 Å². The molecule has 0 bridgehead atoms. The maximum absolute atomic E-state index is 9.68. The van der Waals surface area contributed by atoms with Crippen LogP contribution in [0.4, 0.5) is 0 Å². The molecule has 0 saturated heterocycles. The first-order valence-electron chi connectivity index (χ1n) is 17.5. The molecule has 1 aliphatic rings. The number of hydrogen-bond acceptors (Lipinski definition) is 3. The first-order chi connectivity index (χ1) is 25.4. The second-order valence-electron chi connectivity index (χ2n) is 14.4. The third-order valence-electron chi connectivity index (χ3n) is 11.4. The van der Waals surface area contributed by atoms with Crippen LogP contribution in [-0.2, 0) is 5.41 Å². The Morgan fingerprint density at radius 2 is 1.02 bits per heavy atom. The summed E-state index contributed by atoms with van der Waals surface area (Å²) in [5.74, 6) is 0. The van der Waals surface area contributed by atoms with Gasteiger partial charge in [-0.3, -0.25) is 0 Å². The number of nitriles is 2. The summed E-state index contributed by atoms with van der Waals surface area (Å²) in [6, 6.07) is 51.2. The Morgan fingerprint density at radius 3 is 1.67 bits per heavy atom. The fraction of sp³-hybridized carbons (Fsp3) is 0.0638. The molecular formula is C47H28N4O. The Balaban J connectivity index is 1.15. The van der Waals surface area contributed by atoms with Crippen LogP contribution in [0.25, 0.3) is 88.1 Å². The smallest absolute Gasteiger partial charge is 0.135 e. The van der Waals surface area contributed by atoms with Gasteiger partial charge in [0.15, 0.2) is 0 Å². The number of nitrogens with zero attached hydrogens (tertiary/aromatic N) is 4. The first-order valence-corrected chi connectivity index (χ1v) is 17.5. The largest absolute Gasteiger partial charge is 0.456 e. The number of fused-ring (bicyclic) bond motifs is 12. The molecule has 7 aromatic carbocycles. The van der Waals surface area contributed by atoms with Gasteiger partial charge in [-0.1, -0.05) is 56.3 Å². The van der Waals surface area contributed by atoms with Gasteiger partial charge in [0, 0.05) is 49.1 Å². The van der Waals surface area contributed by atoms with E-state index in [1.54, 1.807) is 0 Å². The lowest BCUT2D eigenvalue weighted by molar-refractivity contribution is 0.661. The van der Waals surface area contributed by atoms with Crippen LogP contribution in [0, 0.1) is 22.7 Å². The van der Waals surface area contributed by atoms with Gasteiger partial charge in [0.05, 0.1) is 45.3 Å². The topological polar surface area (TPSA) is 70.6 Å². The quantitative estimate of drug-likeness (QED) is 0.185. The molecule has 3 aromatic heterocycles. The van der Waals surface area contributed by atoms with Crippen molar-refractivity contribution in [2.75, 3.05) is 0 Å². The Labute approximate surface area is 298 Å². The molecular weight excluding hydrogens is 637 g/mol. The molecule has 5 heteroatoms. The van der Waals surface area contributed by atoms with Crippen molar-refractivity contribution in [3.05, 3.63) is 156 Å². The number of aromatic nitrogens is 2. The van der Waals surface area contributed by atoms with Gasteiger partial charge >= 0.3 is 0 Å². The van der Waals surface area contributed by atoms with Crippen LogP contribution >= 0.6 is 0 Å². The maximum atomic E-state index is 9.68. The van der Waals surface area contributed by atoms with Gasteiger partial charge in [0.25, 0.3) is 0 Å². The average molecular weight is 665 g/mol. The fourth-order valence-electron chi connectivity index (χ4n) is 8.91. The van der Waals surface area contributed by atoms with Crippen molar-refractivity contribution in [3.63, 3.8) is 0 Å². The summed E-state index contributed by atoms with van der Waals surface area (Å²) in [4.78, 5) is 0. The molecule has 1 aliphatic carbocycles. The third-order valence-corrected chi connectivity index (χ3v) is 11.4. The number of para-hydroxylation sites is 1. The van der Waals surface area contributed by atoms with E-state index >= 15 is 0 Å². The lowest BCUT2D eigenvalue weighted by atomic mass is 9.82. The molecule has 242 valence electrons. The molecule has 0 aliphatic heterocycles. The van der Waals surface area contributed by atoms with Gasteiger partial charge in [-0.2, -0.15) is 10.5 Å². The van der Waals surface area contributed by atoms with E-state index in [4.69, 9.17) is 4.42 Å². The number of benzene rings is 7. The lowest BCUT2D eigenvalue weighted by Gasteiger charge is -2.21. The highest BCUT2D eigenvalue weighted by Crippen LogP contribution is 2.51. The number of furan rings is 1. The van der Waals surface area contributed by atoms with Crippen molar-refractivity contribution >= 4 is 65.6 Å². The molecule has 10 aromatic rings. The van der Waals surface area contributed by atoms with Crippen molar-refractivity contribution in [2.45, 2.75) is 19.3 Å². The van der Waals surface area contributed by atoms with Crippen LogP contribution in [0.2, 0.25) is 0 Å². The van der Waals surface area contributed by atoms with E-state index in [0.29, 0.717) is 11.1 Å². The predicted octanol–water partition coefficient (Wildman–Crippen LogP) is 11.8. The zero-order valence-corrected chi connectivity index (χ0v) is 28.4. The van der Waals surface area contributed by atoms with Crippen molar-refractivity contribution in [2.24, 2.45) is 0 Å². The van der Waals surface area contributed by atoms with Crippen molar-refractivity contribution in [1.82, 2.24) is 9.13 Å². The monoisotopic (exact) mass is 664 g/mol. The van der Waals surface area contributed by atoms with Crippen LogP contribution in [0.3, 0.4) is 0 Å². The fourth-order valence-corrected chi connectivity index (χ4v) is 8.91. The molecule has 0 amide bonds. The maximum Gasteiger partial charge on any atom is 0.135 e. The van der Waals surface area contributed by atoms with Gasteiger partial charge in [-0.05, 0) is 113 Å². The first kappa shape index (κ1) is 28.7. The minimum atomic E-state index is -0.0813. The van der Waals surface area contributed by atoms with E-state index in [1.807, 2.05) is 42.5 Å². The number of rotatable bonds is 2. The summed E-state index contributed by atoms with van der Waals surface area (Å²) < 4.78 is 11.0. The van der Waals surface area contributed by atoms with Gasteiger partial charge in [0.1, 0.15) is 11.2 Å². The van der Waals surface area contributed by atoms with E-state index < -0.39 is 0 Å². The standard InChI is InChI=1S/C47H28N4O/c1-47(2)39-9-5-3-7-31(39)33-24-44-36(23-40(33)47)32-8-4-6-10-41(32)51(44)30-14-18-46-38(22-30)37-21-29(13-17-45(37)52-46)50-42-15-11-27(25-48)19-34(42)35-20-28(26-49)12-16-43(35)50/h3-24H,1-2H3. The predicted molar refractivity (Wildman–Crippen MR) is 209 cm³/mol. The van der Waals surface area contributed by atoms with Crippen LogP contribution in [-0.4, -0.2) is 9.13 Å². The Morgan fingerprint density at radius 1 is 0.462 bits per heavy atom. The number of hydrogen-bond donors (Lipinski definition) is 0. The normalized spacial score (nSPS) is 13.3. The van der Waals surface area contributed by atoms with Crippen molar-refractivity contribution < 1.29 is 4.42 Å². The van der Waals surface area contributed by atoms with Crippen LogP contribution in [0.5, 0.6) is 0 Å². The molecule has 0 saturated carbocycles. The van der Waals surface area contributed by atoms with E-state index in [2.05, 4.69) is 126 Å². The average Bonchev–Trinajstić information content (AvgIpc) is 3.88. The Kier molecular flexibility index (Phi) is 5.53. The van der Waals surface area contributed by atoms with Gasteiger partial charge < -0.3 is 13.6 Å². The molecule has 0 fully saturated rings. The van der Waals surface area contributed by atoms with Gasteiger partial charge in [-0.15, -0.1) is 0 Å². The van der Waals surface area contributed by atoms with Crippen LogP contribution in [0.15, 0.2) is 138 Å². The van der Waals surface area contributed by atoms with Crippen molar-refractivity contribution in [1.29, 1.82) is 10.5 Å². The summed E-state index contributed by atoms with van der Waals surface area (Å²) >= 11 is 0. The molecule has 5 nitrogen and oxygen atoms in total. The summed E-state index contributed by atoms with van der Waals surface area (Å²) in [6.07, 6.45) is 0. The molecule has 0 radical (unpaired) electrons. The highest BCUT2D eigenvalue weighted by Gasteiger charge is 2.36. The van der Waals surface area contributed by atoms with E-state index in [1.165, 1.54) is 44.1 Å². The zero-order chi connectivity index (χ0) is 34.9.